The number of aromatic nitrogens is 2. The molecule has 0 saturated heterocycles. The van der Waals surface area contributed by atoms with Crippen LogP contribution < -0.4 is 0 Å². The SMILES string of the molecule is C[Si](C)(C)C(n1cccn1)[Si](C)(C)C. The minimum atomic E-state index is -1.16. The standard InChI is InChI=1S/C10H22N2Si2/c1-13(2,3)10(14(4,5)6)12-9-7-8-11-12/h7-10H,1-6H3. The minimum absolute atomic E-state index is 0.699. The topological polar surface area (TPSA) is 17.8 Å². The lowest BCUT2D eigenvalue weighted by atomic mass is 10.8. The molecule has 1 heterocycles. The molecular weight excluding hydrogens is 204 g/mol. The second-order valence-electron chi connectivity index (χ2n) is 6.12. The largest absolute Gasteiger partial charge is 0.276 e. The Morgan fingerprint density at radius 1 is 1.00 bits per heavy atom. The fourth-order valence-corrected chi connectivity index (χ4v) is 14.8. The summed E-state index contributed by atoms with van der Waals surface area (Å²) >= 11 is 0. The highest BCUT2D eigenvalue weighted by molar-refractivity contribution is 6.95. The number of hydrogen-bond donors (Lipinski definition) is 0. The van der Waals surface area contributed by atoms with E-state index in [4.69, 9.17) is 0 Å². The normalized spacial score (nSPS) is 13.6. The van der Waals surface area contributed by atoms with Gasteiger partial charge in [0.2, 0.25) is 0 Å². The summed E-state index contributed by atoms with van der Waals surface area (Å²) in [5, 5.41) is 5.13. The van der Waals surface area contributed by atoms with E-state index in [0.29, 0.717) is 5.29 Å². The molecule has 0 fully saturated rings. The molecule has 0 saturated carbocycles. The highest BCUT2D eigenvalue weighted by atomic mass is 28.4. The summed E-state index contributed by atoms with van der Waals surface area (Å²) in [4.78, 5) is 0. The van der Waals surface area contributed by atoms with Gasteiger partial charge >= 0.3 is 0 Å². The van der Waals surface area contributed by atoms with E-state index in [-0.39, 0.29) is 0 Å². The molecule has 4 heteroatoms. The van der Waals surface area contributed by atoms with Crippen LogP contribution in [0.5, 0.6) is 0 Å². The molecule has 0 amide bonds. The molecule has 1 rings (SSSR count). The van der Waals surface area contributed by atoms with Crippen molar-refractivity contribution >= 4 is 16.1 Å². The average Bonchev–Trinajstić information content (AvgIpc) is 2.31. The molecule has 80 valence electrons. The van der Waals surface area contributed by atoms with Crippen molar-refractivity contribution in [3.05, 3.63) is 18.5 Å². The van der Waals surface area contributed by atoms with E-state index in [0.717, 1.165) is 0 Å². The molecule has 2 nitrogen and oxygen atoms in total. The number of nitrogens with zero attached hydrogens (tertiary/aromatic N) is 2. The summed E-state index contributed by atoms with van der Waals surface area (Å²) < 4.78 is 2.21. The van der Waals surface area contributed by atoms with Crippen molar-refractivity contribution in [3.63, 3.8) is 0 Å². The van der Waals surface area contributed by atoms with Gasteiger partial charge in [0.1, 0.15) is 0 Å². The molecule has 0 aliphatic heterocycles. The fourth-order valence-electron chi connectivity index (χ4n) is 2.53. The van der Waals surface area contributed by atoms with Gasteiger partial charge in [0.05, 0.1) is 16.1 Å². The van der Waals surface area contributed by atoms with Crippen LogP contribution in [0.3, 0.4) is 0 Å². The first-order valence-electron chi connectivity index (χ1n) is 5.22. The van der Waals surface area contributed by atoms with Crippen LogP contribution in [0, 0.1) is 0 Å². The first-order chi connectivity index (χ1) is 6.23. The van der Waals surface area contributed by atoms with Gasteiger partial charge in [-0.3, -0.25) is 4.68 Å². The van der Waals surface area contributed by atoms with Crippen LogP contribution in [0.4, 0.5) is 0 Å². The molecule has 14 heavy (non-hydrogen) atoms. The van der Waals surface area contributed by atoms with Crippen molar-refractivity contribution in [1.29, 1.82) is 0 Å². The van der Waals surface area contributed by atoms with Gasteiger partial charge in [-0.15, -0.1) is 0 Å². The van der Waals surface area contributed by atoms with Crippen LogP contribution in [-0.2, 0) is 0 Å². The molecule has 0 spiro atoms. The van der Waals surface area contributed by atoms with Gasteiger partial charge in [0, 0.05) is 17.7 Å². The molecule has 0 radical (unpaired) electrons. The van der Waals surface area contributed by atoms with Gasteiger partial charge in [-0.1, -0.05) is 39.3 Å². The second-order valence-corrected chi connectivity index (χ2v) is 17.3. The molecule has 0 aromatic carbocycles. The maximum atomic E-state index is 4.44. The molecule has 0 bridgehead atoms. The van der Waals surface area contributed by atoms with Gasteiger partial charge in [-0.25, -0.2) is 0 Å². The van der Waals surface area contributed by atoms with Gasteiger partial charge in [-0.2, -0.15) is 5.10 Å². The lowest BCUT2D eigenvalue weighted by Crippen LogP contribution is -2.50. The van der Waals surface area contributed by atoms with Crippen LogP contribution in [-0.4, -0.2) is 25.9 Å². The zero-order valence-corrected chi connectivity index (χ0v) is 12.2. The van der Waals surface area contributed by atoms with Gasteiger partial charge < -0.3 is 0 Å². The van der Waals surface area contributed by atoms with Crippen molar-refractivity contribution < 1.29 is 0 Å². The summed E-state index contributed by atoms with van der Waals surface area (Å²) in [7, 11) is -2.33. The first kappa shape index (κ1) is 11.7. The monoisotopic (exact) mass is 226 g/mol. The third kappa shape index (κ3) is 2.57. The lowest BCUT2D eigenvalue weighted by Gasteiger charge is -2.38. The summed E-state index contributed by atoms with van der Waals surface area (Å²) in [5.74, 6) is 0. The van der Waals surface area contributed by atoms with Gasteiger partial charge in [0.25, 0.3) is 0 Å². The second kappa shape index (κ2) is 3.66. The molecule has 1 aromatic heterocycles. The first-order valence-corrected chi connectivity index (χ1v) is 12.4. The Morgan fingerprint density at radius 2 is 1.50 bits per heavy atom. The molecule has 0 atom stereocenters. The van der Waals surface area contributed by atoms with Crippen LogP contribution >= 0.6 is 0 Å². The Hall–Kier alpha value is -0.356. The smallest absolute Gasteiger partial charge is 0.0694 e. The maximum Gasteiger partial charge on any atom is 0.0694 e. The predicted molar refractivity (Wildman–Crippen MR) is 68.0 cm³/mol. The van der Waals surface area contributed by atoms with E-state index >= 15 is 0 Å². The van der Waals surface area contributed by atoms with E-state index in [1.54, 1.807) is 0 Å². The molecule has 0 aliphatic rings. The van der Waals surface area contributed by atoms with Crippen LogP contribution in [0.25, 0.3) is 0 Å². The average molecular weight is 226 g/mol. The molecule has 1 aromatic rings. The number of rotatable bonds is 3. The molecule has 0 unspecified atom stereocenters. The van der Waals surface area contributed by atoms with E-state index < -0.39 is 16.1 Å². The third-order valence-corrected chi connectivity index (χ3v) is 11.4. The van der Waals surface area contributed by atoms with Gasteiger partial charge in [0.15, 0.2) is 0 Å². The summed E-state index contributed by atoms with van der Waals surface area (Å²) in [6.45, 7) is 14.7. The molecule has 0 N–H and O–H groups in total. The fraction of sp³-hybridized carbons (Fsp3) is 0.700. The van der Waals surface area contributed by atoms with Crippen molar-refractivity contribution in [2.45, 2.75) is 44.6 Å². The van der Waals surface area contributed by atoms with E-state index in [2.05, 4.69) is 55.3 Å². The Kier molecular flexibility index (Phi) is 3.06. The van der Waals surface area contributed by atoms with Crippen molar-refractivity contribution in [1.82, 2.24) is 9.78 Å². The summed E-state index contributed by atoms with van der Waals surface area (Å²) in [5.41, 5.74) is 0. The Bertz CT molecular complexity index is 266. The van der Waals surface area contributed by atoms with Crippen LogP contribution in [0.15, 0.2) is 18.5 Å². The van der Waals surface area contributed by atoms with Crippen molar-refractivity contribution in [2.24, 2.45) is 0 Å². The third-order valence-electron chi connectivity index (χ3n) is 2.43. The zero-order valence-electron chi connectivity index (χ0n) is 10.2. The number of hydrogen-bond acceptors (Lipinski definition) is 1. The minimum Gasteiger partial charge on any atom is -0.276 e. The highest BCUT2D eigenvalue weighted by Gasteiger charge is 2.39. The Labute approximate surface area is 89.4 Å². The highest BCUT2D eigenvalue weighted by Crippen LogP contribution is 2.29. The van der Waals surface area contributed by atoms with Crippen LogP contribution in [0.2, 0.25) is 39.3 Å². The van der Waals surface area contributed by atoms with E-state index in [9.17, 15) is 0 Å². The van der Waals surface area contributed by atoms with Gasteiger partial charge in [-0.05, 0) is 6.07 Å². The Balaban J connectivity index is 3.08. The zero-order chi connectivity index (χ0) is 11.0. The lowest BCUT2D eigenvalue weighted by molar-refractivity contribution is 0.681. The van der Waals surface area contributed by atoms with Crippen molar-refractivity contribution in [2.75, 3.05) is 0 Å². The summed E-state index contributed by atoms with van der Waals surface area (Å²) in [6, 6.07) is 2.04. The molecular formula is C10H22N2Si2. The van der Waals surface area contributed by atoms with Crippen LogP contribution in [0.1, 0.15) is 5.29 Å². The maximum absolute atomic E-state index is 4.44. The molecule has 0 aliphatic carbocycles. The van der Waals surface area contributed by atoms with Crippen molar-refractivity contribution in [3.8, 4) is 0 Å². The predicted octanol–water partition coefficient (Wildman–Crippen LogP) is 3.18. The van der Waals surface area contributed by atoms with E-state index in [1.807, 2.05) is 12.3 Å². The van der Waals surface area contributed by atoms with E-state index in [1.165, 1.54) is 0 Å². The Morgan fingerprint density at radius 3 is 1.79 bits per heavy atom. The summed E-state index contributed by atoms with van der Waals surface area (Å²) in [6.07, 6.45) is 4.02. The quantitative estimate of drug-likeness (QED) is 0.724.